The molecule has 0 radical (unpaired) electrons. The van der Waals surface area contributed by atoms with Gasteiger partial charge in [-0.25, -0.2) is 13.2 Å². The standard InChI is InChI=1S/C27H27ClN2O5S/c28-21-12-13-23(25(31)26(21)36(33,34)20-15-17-10-11-18(14-17)16-20)30-27(32)29-22-8-4-5-9-24(22)35-19-6-2-1-3-7-19/h1-9,12-13,17-18,20,31H,10-11,14-16H2,(H2,29,30,32)/t17-,18+,20?. The van der Waals surface area contributed by atoms with Crippen LogP contribution in [0.25, 0.3) is 0 Å². The van der Waals surface area contributed by atoms with Crippen molar-refractivity contribution in [2.24, 2.45) is 11.8 Å². The van der Waals surface area contributed by atoms with Gasteiger partial charge in [0.25, 0.3) is 0 Å². The fraction of sp³-hybridized carbons (Fsp3) is 0.296. The van der Waals surface area contributed by atoms with E-state index in [9.17, 15) is 18.3 Å². The molecule has 0 aliphatic heterocycles. The lowest BCUT2D eigenvalue weighted by Crippen LogP contribution is -2.29. The molecule has 2 fully saturated rings. The van der Waals surface area contributed by atoms with Gasteiger partial charge in [0.15, 0.2) is 21.3 Å². The Hall–Kier alpha value is -3.23. The molecule has 3 aromatic carbocycles. The first-order valence-electron chi connectivity index (χ1n) is 12.0. The molecule has 0 heterocycles. The monoisotopic (exact) mass is 526 g/mol. The van der Waals surface area contributed by atoms with Crippen molar-refractivity contribution in [2.75, 3.05) is 10.6 Å². The molecule has 188 valence electrons. The maximum atomic E-state index is 13.5. The van der Waals surface area contributed by atoms with Crippen LogP contribution in [-0.2, 0) is 9.84 Å². The van der Waals surface area contributed by atoms with E-state index >= 15 is 0 Å². The van der Waals surface area contributed by atoms with Gasteiger partial charge in [0.1, 0.15) is 10.6 Å². The second-order valence-electron chi connectivity index (χ2n) is 9.45. The van der Waals surface area contributed by atoms with E-state index in [1.165, 1.54) is 12.1 Å². The normalized spacial score (nSPS) is 21.1. The van der Waals surface area contributed by atoms with Crippen molar-refractivity contribution in [2.45, 2.75) is 42.2 Å². The number of carbonyl (C=O) groups excluding carboxylic acids is 1. The van der Waals surface area contributed by atoms with Gasteiger partial charge in [-0.05, 0) is 67.5 Å². The van der Waals surface area contributed by atoms with E-state index in [0.29, 0.717) is 41.9 Å². The molecule has 2 saturated carbocycles. The Kier molecular flexibility index (Phi) is 6.81. The van der Waals surface area contributed by atoms with Crippen LogP contribution in [0.3, 0.4) is 0 Å². The third-order valence-electron chi connectivity index (χ3n) is 7.00. The number of phenolic OH excluding ortho intramolecular Hbond substituents is 1. The van der Waals surface area contributed by atoms with E-state index in [1.54, 1.807) is 36.4 Å². The zero-order chi connectivity index (χ0) is 25.3. The van der Waals surface area contributed by atoms with E-state index in [2.05, 4.69) is 10.6 Å². The van der Waals surface area contributed by atoms with Crippen molar-refractivity contribution >= 4 is 38.8 Å². The highest BCUT2D eigenvalue weighted by atomic mass is 35.5. The maximum absolute atomic E-state index is 13.5. The molecule has 0 aromatic heterocycles. The molecule has 0 saturated heterocycles. The van der Waals surface area contributed by atoms with Crippen LogP contribution in [0.15, 0.2) is 71.6 Å². The van der Waals surface area contributed by atoms with Gasteiger partial charge in [0.05, 0.1) is 21.6 Å². The van der Waals surface area contributed by atoms with Crippen molar-refractivity contribution in [3.8, 4) is 17.2 Å². The number of urea groups is 1. The van der Waals surface area contributed by atoms with Gasteiger partial charge in [0, 0.05) is 0 Å². The van der Waals surface area contributed by atoms with Crippen LogP contribution < -0.4 is 15.4 Å². The quantitative estimate of drug-likeness (QED) is 0.305. The van der Waals surface area contributed by atoms with Crippen LogP contribution in [0.1, 0.15) is 32.1 Å². The fourth-order valence-corrected chi connectivity index (χ4v) is 7.91. The van der Waals surface area contributed by atoms with E-state index in [0.717, 1.165) is 19.3 Å². The summed E-state index contributed by atoms with van der Waals surface area (Å²) >= 11 is 6.27. The fourth-order valence-electron chi connectivity index (χ4n) is 5.33. The second kappa shape index (κ2) is 10.0. The second-order valence-corrected chi connectivity index (χ2v) is 12.0. The summed E-state index contributed by atoms with van der Waals surface area (Å²) in [5.74, 6) is 1.27. The Morgan fingerprint density at radius 1 is 0.861 bits per heavy atom. The number of phenols is 1. The largest absolute Gasteiger partial charge is 0.504 e. The number of amides is 2. The van der Waals surface area contributed by atoms with Crippen molar-refractivity contribution in [1.82, 2.24) is 0 Å². The summed E-state index contributed by atoms with van der Waals surface area (Å²) in [6.07, 6.45) is 4.32. The average molecular weight is 527 g/mol. The molecule has 7 nitrogen and oxygen atoms in total. The summed E-state index contributed by atoms with van der Waals surface area (Å²) in [6.45, 7) is 0. The number of para-hydroxylation sites is 3. The predicted molar refractivity (Wildman–Crippen MR) is 140 cm³/mol. The van der Waals surface area contributed by atoms with Crippen molar-refractivity contribution < 1.29 is 23.1 Å². The summed E-state index contributed by atoms with van der Waals surface area (Å²) < 4.78 is 32.9. The summed E-state index contributed by atoms with van der Waals surface area (Å²) in [5.41, 5.74) is 0.355. The molecule has 3 atom stereocenters. The van der Waals surface area contributed by atoms with E-state index < -0.39 is 26.9 Å². The number of sulfone groups is 1. The third kappa shape index (κ3) is 5.01. The number of rotatable bonds is 6. The van der Waals surface area contributed by atoms with Crippen molar-refractivity contribution in [1.29, 1.82) is 0 Å². The van der Waals surface area contributed by atoms with Crippen LogP contribution in [0.5, 0.6) is 17.2 Å². The minimum Gasteiger partial charge on any atom is -0.504 e. The third-order valence-corrected chi connectivity index (χ3v) is 9.68. The number of aromatic hydroxyl groups is 1. The number of benzene rings is 3. The van der Waals surface area contributed by atoms with E-state index in [1.807, 2.05) is 18.2 Å². The Morgan fingerprint density at radius 3 is 2.22 bits per heavy atom. The lowest BCUT2D eigenvalue weighted by Gasteiger charge is -2.28. The van der Waals surface area contributed by atoms with E-state index in [-0.39, 0.29) is 15.6 Å². The topological polar surface area (TPSA) is 105 Å². The number of hydrogen-bond acceptors (Lipinski definition) is 5. The first-order chi connectivity index (χ1) is 17.3. The Morgan fingerprint density at radius 2 is 1.50 bits per heavy atom. The maximum Gasteiger partial charge on any atom is 0.323 e. The SMILES string of the molecule is O=C(Nc1ccccc1Oc1ccccc1)Nc1ccc(Cl)c(S(=O)(=O)C2C[C@H]3CC[C@@H](C2)C3)c1O. The van der Waals surface area contributed by atoms with Gasteiger partial charge in [0.2, 0.25) is 0 Å². The molecule has 2 bridgehead atoms. The molecule has 0 spiro atoms. The summed E-state index contributed by atoms with van der Waals surface area (Å²) in [5, 5.41) is 15.5. The van der Waals surface area contributed by atoms with Crippen LogP contribution in [0, 0.1) is 11.8 Å². The minimum atomic E-state index is -3.88. The van der Waals surface area contributed by atoms with E-state index in [4.69, 9.17) is 16.3 Å². The molecule has 2 aliphatic rings. The average Bonchev–Trinajstić information content (AvgIpc) is 3.19. The Bertz CT molecular complexity index is 1370. The summed E-state index contributed by atoms with van der Waals surface area (Å²) in [6, 6.07) is 18.1. The smallest absolute Gasteiger partial charge is 0.323 e. The molecule has 2 amide bonds. The zero-order valence-corrected chi connectivity index (χ0v) is 21.1. The van der Waals surface area contributed by atoms with Crippen molar-refractivity contribution in [3.63, 3.8) is 0 Å². The number of carbonyl (C=O) groups is 1. The highest BCUT2D eigenvalue weighted by molar-refractivity contribution is 7.92. The molecule has 2 aliphatic carbocycles. The van der Waals surface area contributed by atoms with Crippen LogP contribution >= 0.6 is 11.6 Å². The van der Waals surface area contributed by atoms with Gasteiger partial charge in [-0.15, -0.1) is 0 Å². The first-order valence-corrected chi connectivity index (χ1v) is 13.9. The molecular weight excluding hydrogens is 500 g/mol. The zero-order valence-electron chi connectivity index (χ0n) is 19.5. The minimum absolute atomic E-state index is 0.0456. The highest BCUT2D eigenvalue weighted by Crippen LogP contribution is 2.48. The molecule has 5 rings (SSSR count). The molecule has 36 heavy (non-hydrogen) atoms. The van der Waals surface area contributed by atoms with Gasteiger partial charge < -0.3 is 20.5 Å². The molecule has 3 aromatic rings. The highest BCUT2D eigenvalue weighted by Gasteiger charge is 2.42. The van der Waals surface area contributed by atoms with Crippen LogP contribution in [0.2, 0.25) is 5.02 Å². The van der Waals surface area contributed by atoms with Gasteiger partial charge >= 0.3 is 6.03 Å². The van der Waals surface area contributed by atoms with Gasteiger partial charge in [-0.3, -0.25) is 0 Å². The first kappa shape index (κ1) is 24.5. The Labute approximate surface area is 215 Å². The van der Waals surface area contributed by atoms with Gasteiger partial charge in [-0.1, -0.05) is 54.8 Å². The number of nitrogens with one attached hydrogen (secondary N) is 2. The number of halogens is 1. The Balaban J connectivity index is 1.35. The van der Waals surface area contributed by atoms with Crippen LogP contribution in [0.4, 0.5) is 16.2 Å². The summed E-state index contributed by atoms with van der Waals surface area (Å²) in [4.78, 5) is 12.5. The lowest BCUT2D eigenvalue weighted by atomic mass is 9.89. The molecule has 1 unspecified atom stereocenters. The molecule has 3 N–H and O–H groups in total. The molecular formula is C27H27ClN2O5S. The van der Waals surface area contributed by atoms with Crippen molar-refractivity contribution in [3.05, 3.63) is 71.8 Å². The summed E-state index contributed by atoms with van der Waals surface area (Å²) in [7, 11) is -3.88. The number of fused-ring (bicyclic) bond motifs is 2. The number of ether oxygens (including phenoxy) is 1. The van der Waals surface area contributed by atoms with Crippen LogP contribution in [-0.4, -0.2) is 24.8 Å². The molecule has 9 heteroatoms. The number of anilines is 2. The predicted octanol–water partition coefficient (Wildman–Crippen LogP) is 6.83. The van der Waals surface area contributed by atoms with Gasteiger partial charge in [-0.2, -0.15) is 0 Å². The number of hydrogen-bond donors (Lipinski definition) is 3. The lowest BCUT2D eigenvalue weighted by molar-refractivity contribution is 0.262.